The van der Waals surface area contributed by atoms with Crippen LogP contribution in [-0.4, -0.2) is 0 Å². The Bertz CT molecular complexity index is 289. The molecule has 0 aromatic rings. The topological polar surface area (TPSA) is 0 Å². The summed E-state index contributed by atoms with van der Waals surface area (Å²) in [5.74, 6) is 3.27. The molecule has 0 radical (unpaired) electrons. The summed E-state index contributed by atoms with van der Waals surface area (Å²) in [6.07, 6.45) is 24.1. The third-order valence-electron chi connectivity index (χ3n) is 7.68. The van der Waals surface area contributed by atoms with Crippen molar-refractivity contribution in [2.24, 2.45) is 23.2 Å². The van der Waals surface area contributed by atoms with E-state index in [2.05, 4.69) is 20.8 Å². The lowest BCUT2D eigenvalue weighted by atomic mass is 9.62. The van der Waals surface area contributed by atoms with Gasteiger partial charge in [-0.05, 0) is 68.1 Å². The van der Waals surface area contributed by atoms with E-state index in [1.165, 1.54) is 51.4 Å². The fourth-order valence-electron chi connectivity index (χ4n) is 5.69. The molecular formula is C23H44. The van der Waals surface area contributed by atoms with E-state index in [1.807, 2.05) is 0 Å². The van der Waals surface area contributed by atoms with Crippen molar-refractivity contribution in [2.45, 2.75) is 124 Å². The van der Waals surface area contributed by atoms with Crippen LogP contribution in [0.5, 0.6) is 0 Å². The van der Waals surface area contributed by atoms with E-state index < -0.39 is 0 Å². The zero-order chi connectivity index (χ0) is 16.5. The predicted molar refractivity (Wildman–Crippen MR) is 104 cm³/mol. The number of hydrogen-bond acceptors (Lipinski definition) is 0. The Kier molecular flexibility index (Phi) is 8.48. The molecule has 0 saturated heterocycles. The van der Waals surface area contributed by atoms with Gasteiger partial charge in [-0.1, -0.05) is 78.6 Å². The van der Waals surface area contributed by atoms with E-state index in [9.17, 15) is 0 Å². The molecule has 0 aromatic heterocycles. The summed E-state index contributed by atoms with van der Waals surface area (Å²) in [7, 11) is 0. The van der Waals surface area contributed by atoms with Crippen LogP contribution in [0.3, 0.4) is 0 Å². The molecule has 2 fully saturated rings. The van der Waals surface area contributed by atoms with Crippen LogP contribution in [0, 0.1) is 23.2 Å². The minimum atomic E-state index is 0.740. The van der Waals surface area contributed by atoms with Gasteiger partial charge in [-0.3, -0.25) is 0 Å². The maximum Gasteiger partial charge on any atom is -0.0300 e. The van der Waals surface area contributed by atoms with Gasteiger partial charge in [0.05, 0.1) is 0 Å². The van der Waals surface area contributed by atoms with Gasteiger partial charge in [0.25, 0.3) is 0 Å². The van der Waals surface area contributed by atoms with Gasteiger partial charge in [0.1, 0.15) is 0 Å². The first-order valence-corrected chi connectivity index (χ1v) is 11.2. The van der Waals surface area contributed by atoms with Crippen LogP contribution in [-0.2, 0) is 0 Å². The summed E-state index contributed by atoms with van der Waals surface area (Å²) >= 11 is 0. The lowest BCUT2D eigenvalue weighted by molar-refractivity contribution is 0.0801. The van der Waals surface area contributed by atoms with Crippen molar-refractivity contribution < 1.29 is 0 Å². The molecule has 0 nitrogen and oxygen atoms in total. The maximum absolute atomic E-state index is 2.46. The second-order valence-corrected chi connectivity index (χ2v) is 9.07. The van der Waals surface area contributed by atoms with Crippen LogP contribution >= 0.6 is 0 Å². The third kappa shape index (κ3) is 5.79. The Morgan fingerprint density at radius 2 is 1.30 bits per heavy atom. The van der Waals surface area contributed by atoms with Crippen molar-refractivity contribution >= 4 is 0 Å². The molecule has 0 atom stereocenters. The molecule has 23 heavy (non-hydrogen) atoms. The molecule has 2 aliphatic carbocycles. The average Bonchev–Trinajstić information content (AvgIpc) is 2.61. The van der Waals surface area contributed by atoms with Crippen LogP contribution in [0.25, 0.3) is 0 Å². The van der Waals surface area contributed by atoms with E-state index >= 15 is 0 Å². The Balaban J connectivity index is 1.70. The van der Waals surface area contributed by atoms with E-state index in [0.717, 1.165) is 23.2 Å². The molecule has 0 aromatic carbocycles. The standard InChI is InChI=1S/C23H44/c1-4-7-9-10-20-11-13-21(14-12-20)22-15-18-23(6-3,19-16-22)17-8-5-2/h20-22H,4-19H2,1-3H3. The summed E-state index contributed by atoms with van der Waals surface area (Å²) in [6, 6.07) is 0. The zero-order valence-electron chi connectivity index (χ0n) is 16.5. The molecule has 0 unspecified atom stereocenters. The van der Waals surface area contributed by atoms with Gasteiger partial charge in [0.2, 0.25) is 0 Å². The van der Waals surface area contributed by atoms with Crippen LogP contribution in [0.4, 0.5) is 0 Å². The molecule has 0 amide bonds. The van der Waals surface area contributed by atoms with Crippen molar-refractivity contribution in [1.82, 2.24) is 0 Å². The van der Waals surface area contributed by atoms with Crippen LogP contribution in [0.2, 0.25) is 0 Å². The molecule has 2 saturated carbocycles. The highest BCUT2D eigenvalue weighted by atomic mass is 14.4. The van der Waals surface area contributed by atoms with Crippen molar-refractivity contribution in [2.75, 3.05) is 0 Å². The highest BCUT2D eigenvalue weighted by Gasteiger charge is 2.36. The van der Waals surface area contributed by atoms with Crippen LogP contribution in [0.15, 0.2) is 0 Å². The zero-order valence-corrected chi connectivity index (χ0v) is 16.5. The largest absolute Gasteiger partial charge is 0.0654 e. The van der Waals surface area contributed by atoms with E-state index in [4.69, 9.17) is 0 Å². The molecule has 0 aliphatic heterocycles. The highest BCUT2D eigenvalue weighted by Crippen LogP contribution is 2.49. The second-order valence-electron chi connectivity index (χ2n) is 9.07. The fourth-order valence-corrected chi connectivity index (χ4v) is 5.69. The molecule has 136 valence electrons. The van der Waals surface area contributed by atoms with Gasteiger partial charge in [-0.15, -0.1) is 0 Å². The van der Waals surface area contributed by atoms with E-state index in [1.54, 1.807) is 51.4 Å². The van der Waals surface area contributed by atoms with Crippen molar-refractivity contribution in [3.8, 4) is 0 Å². The van der Waals surface area contributed by atoms with E-state index in [0.29, 0.717) is 0 Å². The number of hydrogen-bond donors (Lipinski definition) is 0. The Morgan fingerprint density at radius 1 is 0.696 bits per heavy atom. The minimum Gasteiger partial charge on any atom is -0.0654 e. The van der Waals surface area contributed by atoms with Crippen LogP contribution < -0.4 is 0 Å². The number of rotatable bonds is 9. The minimum absolute atomic E-state index is 0.740. The molecule has 2 aliphatic rings. The van der Waals surface area contributed by atoms with Gasteiger partial charge in [-0.25, -0.2) is 0 Å². The van der Waals surface area contributed by atoms with Crippen LogP contribution in [0.1, 0.15) is 124 Å². The first-order valence-electron chi connectivity index (χ1n) is 11.2. The fraction of sp³-hybridized carbons (Fsp3) is 1.00. The first-order chi connectivity index (χ1) is 11.2. The van der Waals surface area contributed by atoms with Crippen molar-refractivity contribution in [1.29, 1.82) is 0 Å². The SMILES string of the molecule is CCCCCC1CCC(C2CCC(CC)(CCCC)CC2)CC1. The highest BCUT2D eigenvalue weighted by molar-refractivity contribution is 4.88. The maximum atomic E-state index is 2.46. The van der Waals surface area contributed by atoms with Gasteiger partial charge in [-0.2, -0.15) is 0 Å². The number of unbranched alkanes of at least 4 members (excludes halogenated alkanes) is 3. The van der Waals surface area contributed by atoms with E-state index in [-0.39, 0.29) is 0 Å². The quantitative estimate of drug-likeness (QED) is 0.376. The molecule has 0 spiro atoms. The van der Waals surface area contributed by atoms with Crippen molar-refractivity contribution in [3.63, 3.8) is 0 Å². The normalized spacial score (nSPS) is 35.3. The molecular weight excluding hydrogens is 276 g/mol. The second kappa shape index (κ2) is 10.1. The summed E-state index contributed by atoms with van der Waals surface area (Å²) in [6.45, 7) is 7.14. The average molecular weight is 321 g/mol. The molecule has 0 N–H and O–H groups in total. The lowest BCUT2D eigenvalue weighted by Gasteiger charge is -2.44. The lowest BCUT2D eigenvalue weighted by Crippen LogP contribution is -2.31. The van der Waals surface area contributed by atoms with Gasteiger partial charge < -0.3 is 0 Å². The van der Waals surface area contributed by atoms with Gasteiger partial charge in [0, 0.05) is 0 Å². The third-order valence-corrected chi connectivity index (χ3v) is 7.68. The molecule has 0 heterocycles. The Hall–Kier alpha value is 0. The molecule has 2 rings (SSSR count). The monoisotopic (exact) mass is 320 g/mol. The summed E-state index contributed by atoms with van der Waals surface area (Å²) < 4.78 is 0. The summed E-state index contributed by atoms with van der Waals surface area (Å²) in [5.41, 5.74) is 0.740. The molecule has 0 heteroatoms. The Morgan fingerprint density at radius 3 is 1.87 bits per heavy atom. The smallest absolute Gasteiger partial charge is 0.0300 e. The van der Waals surface area contributed by atoms with Gasteiger partial charge in [0.15, 0.2) is 0 Å². The Labute approximate surface area is 147 Å². The predicted octanol–water partition coefficient (Wildman–Crippen LogP) is 8.15. The summed E-state index contributed by atoms with van der Waals surface area (Å²) in [5, 5.41) is 0. The summed E-state index contributed by atoms with van der Waals surface area (Å²) in [4.78, 5) is 0. The molecule has 0 bridgehead atoms. The first kappa shape index (κ1) is 19.3. The van der Waals surface area contributed by atoms with Crippen molar-refractivity contribution in [3.05, 3.63) is 0 Å². The van der Waals surface area contributed by atoms with Gasteiger partial charge >= 0.3 is 0 Å².